The Morgan fingerprint density at radius 3 is 2.68 bits per heavy atom. The number of para-hydroxylation sites is 1. The summed E-state index contributed by atoms with van der Waals surface area (Å²) in [5.74, 6) is -1.13. The maximum atomic E-state index is 12.8. The number of sulfonamides is 1. The molecule has 0 atom stereocenters. The van der Waals surface area contributed by atoms with Crippen LogP contribution < -0.4 is 4.31 Å². The van der Waals surface area contributed by atoms with Crippen molar-refractivity contribution in [2.24, 2.45) is 0 Å². The number of carbonyl (C=O) groups is 1. The molecule has 1 aromatic heterocycles. The number of carboxylic acids is 1. The molecule has 0 saturated carbocycles. The fourth-order valence-electron chi connectivity index (χ4n) is 2.75. The Balaban J connectivity index is 2.07. The third-order valence-electron chi connectivity index (χ3n) is 3.86. The number of aromatic nitrogens is 1. The van der Waals surface area contributed by atoms with Crippen LogP contribution in [0, 0.1) is 0 Å². The van der Waals surface area contributed by atoms with Gasteiger partial charge in [-0.1, -0.05) is 18.2 Å². The van der Waals surface area contributed by atoms with E-state index in [0.717, 1.165) is 5.56 Å². The van der Waals surface area contributed by atoms with Crippen LogP contribution in [-0.2, 0) is 23.0 Å². The number of fused-ring (bicyclic) bond motifs is 1. The molecule has 6 nitrogen and oxygen atoms in total. The first kappa shape index (κ1) is 14.6. The van der Waals surface area contributed by atoms with Crippen molar-refractivity contribution in [3.8, 4) is 0 Å². The predicted octanol–water partition coefficient (Wildman–Crippen LogP) is 1.96. The molecule has 0 saturated heterocycles. The summed E-state index contributed by atoms with van der Waals surface area (Å²) < 4.78 is 28.4. The van der Waals surface area contributed by atoms with Gasteiger partial charge in [0.25, 0.3) is 10.0 Å². The van der Waals surface area contributed by atoms with Crippen molar-refractivity contribution in [1.82, 2.24) is 4.57 Å². The summed E-state index contributed by atoms with van der Waals surface area (Å²) in [5, 5.41) is 9.17. The van der Waals surface area contributed by atoms with Gasteiger partial charge in [0.05, 0.1) is 5.69 Å². The monoisotopic (exact) mass is 320 g/mol. The molecule has 116 valence electrons. The molecule has 0 aliphatic carbocycles. The summed E-state index contributed by atoms with van der Waals surface area (Å²) in [4.78, 5) is 11.2. The first-order chi connectivity index (χ1) is 10.4. The molecule has 0 amide bonds. The van der Waals surface area contributed by atoms with Gasteiger partial charge in [0.2, 0.25) is 0 Å². The van der Waals surface area contributed by atoms with E-state index in [4.69, 9.17) is 5.11 Å². The average molecular weight is 320 g/mol. The Bertz CT molecular complexity index is 839. The molecule has 1 aromatic carbocycles. The quantitative estimate of drug-likeness (QED) is 0.934. The third-order valence-corrected chi connectivity index (χ3v) is 5.64. The molecule has 0 unspecified atom stereocenters. The van der Waals surface area contributed by atoms with E-state index >= 15 is 0 Å². The van der Waals surface area contributed by atoms with Gasteiger partial charge in [0.1, 0.15) is 10.6 Å². The van der Waals surface area contributed by atoms with Crippen LogP contribution in [0.1, 0.15) is 23.0 Å². The van der Waals surface area contributed by atoms with Gasteiger partial charge in [-0.2, -0.15) is 0 Å². The number of rotatable bonds is 4. The molecular formula is C15H16N2O4S. The summed E-state index contributed by atoms with van der Waals surface area (Å²) in [7, 11) is -3.75. The van der Waals surface area contributed by atoms with Crippen molar-refractivity contribution >= 4 is 21.7 Å². The topological polar surface area (TPSA) is 79.6 Å². The number of aryl methyl sites for hydroxylation is 1. The maximum absolute atomic E-state index is 12.8. The zero-order valence-electron chi connectivity index (χ0n) is 12.1. The fourth-order valence-corrected chi connectivity index (χ4v) is 4.29. The number of anilines is 1. The van der Waals surface area contributed by atoms with Crippen LogP contribution in [0.25, 0.3) is 0 Å². The van der Waals surface area contributed by atoms with Crippen LogP contribution in [0.4, 0.5) is 5.69 Å². The first-order valence-corrected chi connectivity index (χ1v) is 8.43. The fraction of sp³-hybridized carbons (Fsp3) is 0.267. The zero-order chi connectivity index (χ0) is 15.9. The number of hydrogen-bond acceptors (Lipinski definition) is 3. The van der Waals surface area contributed by atoms with Crippen LogP contribution in [0.15, 0.2) is 41.4 Å². The zero-order valence-corrected chi connectivity index (χ0v) is 12.9. The van der Waals surface area contributed by atoms with Crippen LogP contribution in [0.2, 0.25) is 0 Å². The van der Waals surface area contributed by atoms with Gasteiger partial charge in [-0.05, 0) is 31.0 Å². The molecule has 22 heavy (non-hydrogen) atoms. The summed E-state index contributed by atoms with van der Waals surface area (Å²) in [5.41, 5.74) is 1.64. The van der Waals surface area contributed by atoms with E-state index in [0.29, 0.717) is 25.2 Å². The Kier molecular flexibility index (Phi) is 3.44. The van der Waals surface area contributed by atoms with E-state index in [9.17, 15) is 13.2 Å². The number of nitrogens with zero attached hydrogens (tertiary/aromatic N) is 2. The predicted molar refractivity (Wildman–Crippen MR) is 81.7 cm³/mol. The lowest BCUT2D eigenvalue weighted by atomic mass is 10.2. The van der Waals surface area contributed by atoms with Crippen molar-refractivity contribution < 1.29 is 18.3 Å². The Labute approximate surface area is 128 Å². The second-order valence-corrected chi connectivity index (χ2v) is 6.97. The number of carboxylic acid groups (broad SMARTS) is 1. The van der Waals surface area contributed by atoms with Gasteiger partial charge >= 0.3 is 5.97 Å². The van der Waals surface area contributed by atoms with Crippen LogP contribution in [0.5, 0.6) is 0 Å². The standard InChI is InChI=1S/C15H16N2O4S/c1-2-16-10-12(9-14(16)15(18)19)22(20,21)17-8-7-11-5-3-4-6-13(11)17/h3-6,9-10H,2,7-8H2,1H3,(H,18,19). The molecular weight excluding hydrogens is 304 g/mol. The molecule has 2 heterocycles. The summed E-state index contributed by atoms with van der Waals surface area (Å²) >= 11 is 0. The molecule has 0 bridgehead atoms. The number of hydrogen-bond donors (Lipinski definition) is 1. The highest BCUT2D eigenvalue weighted by molar-refractivity contribution is 7.92. The summed E-state index contributed by atoms with van der Waals surface area (Å²) in [6.45, 7) is 2.54. The molecule has 7 heteroatoms. The summed E-state index contributed by atoms with van der Waals surface area (Å²) in [6, 6.07) is 8.58. The smallest absolute Gasteiger partial charge is 0.352 e. The first-order valence-electron chi connectivity index (χ1n) is 6.99. The SMILES string of the molecule is CCn1cc(S(=O)(=O)N2CCc3ccccc32)cc1C(=O)O. The molecule has 1 N–H and O–H groups in total. The van der Waals surface area contributed by atoms with Gasteiger partial charge in [0, 0.05) is 19.3 Å². The highest BCUT2D eigenvalue weighted by Gasteiger charge is 2.32. The van der Waals surface area contributed by atoms with Crippen LogP contribution in [0.3, 0.4) is 0 Å². The maximum Gasteiger partial charge on any atom is 0.352 e. The van der Waals surface area contributed by atoms with Crippen LogP contribution >= 0.6 is 0 Å². The van der Waals surface area contributed by atoms with E-state index in [1.807, 2.05) is 12.1 Å². The number of aromatic carboxylic acids is 1. The van der Waals surface area contributed by atoms with Crippen molar-refractivity contribution in [1.29, 1.82) is 0 Å². The van der Waals surface area contributed by atoms with E-state index < -0.39 is 16.0 Å². The molecule has 0 fully saturated rings. The summed E-state index contributed by atoms with van der Waals surface area (Å²) in [6.07, 6.45) is 2.05. The minimum atomic E-state index is -3.75. The van der Waals surface area contributed by atoms with Crippen molar-refractivity contribution in [3.05, 3.63) is 47.8 Å². The van der Waals surface area contributed by atoms with Crippen LogP contribution in [-0.4, -0.2) is 30.6 Å². The molecule has 2 aromatic rings. The van der Waals surface area contributed by atoms with E-state index in [-0.39, 0.29) is 10.6 Å². The van der Waals surface area contributed by atoms with Gasteiger partial charge in [-0.3, -0.25) is 4.31 Å². The Morgan fingerprint density at radius 1 is 1.32 bits per heavy atom. The molecule has 1 aliphatic rings. The lowest BCUT2D eigenvalue weighted by Gasteiger charge is -2.18. The van der Waals surface area contributed by atoms with Crippen molar-refractivity contribution in [2.75, 3.05) is 10.8 Å². The van der Waals surface area contributed by atoms with E-state index in [1.165, 1.54) is 21.1 Å². The molecule has 0 spiro atoms. The van der Waals surface area contributed by atoms with E-state index in [1.54, 1.807) is 19.1 Å². The van der Waals surface area contributed by atoms with Crippen molar-refractivity contribution in [3.63, 3.8) is 0 Å². The largest absolute Gasteiger partial charge is 0.477 e. The molecule has 1 aliphatic heterocycles. The number of benzene rings is 1. The lowest BCUT2D eigenvalue weighted by Crippen LogP contribution is -2.28. The highest BCUT2D eigenvalue weighted by Crippen LogP contribution is 2.33. The van der Waals surface area contributed by atoms with Gasteiger partial charge in [-0.15, -0.1) is 0 Å². The minimum absolute atomic E-state index is 0.0171. The average Bonchev–Trinajstić information content (AvgIpc) is 3.11. The normalized spacial score (nSPS) is 14.1. The minimum Gasteiger partial charge on any atom is -0.477 e. The van der Waals surface area contributed by atoms with Gasteiger partial charge in [-0.25, -0.2) is 13.2 Å². The molecule has 0 radical (unpaired) electrons. The lowest BCUT2D eigenvalue weighted by molar-refractivity contribution is 0.0685. The highest BCUT2D eigenvalue weighted by atomic mass is 32.2. The molecule has 3 rings (SSSR count). The van der Waals surface area contributed by atoms with Crippen molar-refractivity contribution in [2.45, 2.75) is 24.8 Å². The third kappa shape index (κ3) is 2.18. The Morgan fingerprint density at radius 2 is 2.05 bits per heavy atom. The second kappa shape index (κ2) is 5.17. The van der Waals surface area contributed by atoms with Gasteiger partial charge in [0.15, 0.2) is 0 Å². The van der Waals surface area contributed by atoms with Gasteiger partial charge < -0.3 is 9.67 Å². The van der Waals surface area contributed by atoms with E-state index in [2.05, 4.69) is 0 Å². The Hall–Kier alpha value is -2.28. The second-order valence-electron chi connectivity index (χ2n) is 5.11.